The van der Waals surface area contributed by atoms with E-state index in [1.807, 2.05) is 0 Å². The molecule has 1 aromatic heterocycles. The number of halogens is 3. The van der Waals surface area contributed by atoms with Crippen LogP contribution in [0.5, 0.6) is 0 Å². The first kappa shape index (κ1) is 12.9. The topological polar surface area (TPSA) is 108 Å². The van der Waals surface area contributed by atoms with Crippen molar-refractivity contribution in [3.05, 3.63) is 11.6 Å². The highest BCUT2D eigenvalue weighted by molar-refractivity contribution is 5.81. The number of rotatable bonds is 4. The van der Waals surface area contributed by atoms with Gasteiger partial charge in [-0.25, -0.2) is 4.98 Å². The number of hydrogen-bond donors (Lipinski definition) is 3. The van der Waals surface area contributed by atoms with Crippen molar-refractivity contribution in [2.75, 3.05) is 0 Å². The summed E-state index contributed by atoms with van der Waals surface area (Å²) in [5, 5.41) is 15.6. The van der Waals surface area contributed by atoms with Crippen LogP contribution in [0.3, 0.4) is 0 Å². The molecule has 0 aliphatic heterocycles. The number of nitrogens with one attached hydrogen (secondary N) is 2. The molecule has 1 amide bonds. The molecule has 0 aromatic carbocycles. The highest BCUT2D eigenvalue weighted by atomic mass is 19.4. The zero-order valence-electron chi connectivity index (χ0n) is 8.21. The SMILES string of the molecule is O=C(O)Cc1n[nH]c(CNC(=O)C(F)(F)F)n1. The van der Waals surface area contributed by atoms with Crippen molar-refractivity contribution in [1.29, 1.82) is 0 Å². The average Bonchev–Trinajstić information content (AvgIpc) is 2.59. The molecule has 10 heteroatoms. The van der Waals surface area contributed by atoms with Gasteiger partial charge in [0.1, 0.15) is 12.2 Å². The number of hydrogen-bond acceptors (Lipinski definition) is 4. The Morgan fingerprint density at radius 3 is 2.59 bits per heavy atom. The van der Waals surface area contributed by atoms with E-state index in [1.165, 1.54) is 0 Å². The summed E-state index contributed by atoms with van der Waals surface area (Å²) in [4.78, 5) is 24.3. The number of H-pyrrole nitrogens is 1. The molecular weight excluding hydrogens is 245 g/mol. The molecule has 0 spiro atoms. The van der Waals surface area contributed by atoms with Crippen LogP contribution in [0.15, 0.2) is 0 Å². The van der Waals surface area contributed by atoms with Crippen molar-refractivity contribution in [2.24, 2.45) is 0 Å². The van der Waals surface area contributed by atoms with Crippen LogP contribution in [-0.2, 0) is 22.6 Å². The van der Waals surface area contributed by atoms with Crippen LogP contribution in [0.1, 0.15) is 11.6 Å². The third-order valence-corrected chi connectivity index (χ3v) is 1.56. The monoisotopic (exact) mass is 252 g/mol. The van der Waals surface area contributed by atoms with Crippen LogP contribution in [0, 0.1) is 0 Å². The Morgan fingerprint density at radius 1 is 1.41 bits per heavy atom. The molecule has 7 nitrogen and oxygen atoms in total. The van der Waals surface area contributed by atoms with E-state index < -0.39 is 31.0 Å². The fraction of sp³-hybridized carbons (Fsp3) is 0.429. The smallest absolute Gasteiger partial charge is 0.471 e. The Labute approximate surface area is 92.0 Å². The summed E-state index contributed by atoms with van der Waals surface area (Å²) in [6.45, 7) is -0.509. The summed E-state index contributed by atoms with van der Waals surface area (Å²) in [6.07, 6.45) is -5.42. The molecule has 0 fully saturated rings. The molecule has 3 N–H and O–H groups in total. The van der Waals surface area contributed by atoms with Gasteiger partial charge in [0, 0.05) is 0 Å². The van der Waals surface area contributed by atoms with Crippen molar-refractivity contribution >= 4 is 11.9 Å². The first-order chi connectivity index (χ1) is 7.79. The number of aromatic nitrogens is 3. The highest BCUT2D eigenvalue weighted by Crippen LogP contribution is 2.14. The standard InChI is InChI=1S/C7H7F3N4O3/c8-7(9,10)6(17)11-2-4-12-3(13-14-4)1-5(15)16/h1-2H2,(H,11,17)(H,15,16)(H,12,13,14). The molecule has 0 aliphatic rings. The van der Waals surface area contributed by atoms with Gasteiger partial charge in [0.05, 0.1) is 6.54 Å². The summed E-state index contributed by atoms with van der Waals surface area (Å²) < 4.78 is 35.4. The molecule has 0 aliphatic carbocycles. The summed E-state index contributed by atoms with van der Waals surface area (Å²) in [5.41, 5.74) is 0. The van der Waals surface area contributed by atoms with Gasteiger partial charge in [-0.3, -0.25) is 14.7 Å². The molecule has 0 saturated carbocycles. The van der Waals surface area contributed by atoms with E-state index in [9.17, 15) is 22.8 Å². The minimum Gasteiger partial charge on any atom is -0.481 e. The van der Waals surface area contributed by atoms with Crippen LogP contribution >= 0.6 is 0 Å². The van der Waals surface area contributed by atoms with Gasteiger partial charge in [-0.15, -0.1) is 0 Å². The quantitative estimate of drug-likeness (QED) is 0.676. The maximum absolute atomic E-state index is 11.8. The lowest BCUT2D eigenvalue weighted by atomic mass is 10.4. The maximum atomic E-state index is 11.8. The van der Waals surface area contributed by atoms with E-state index in [0.717, 1.165) is 0 Å². The maximum Gasteiger partial charge on any atom is 0.471 e. The normalized spacial score (nSPS) is 11.2. The predicted octanol–water partition coefficient (Wildman–Crippen LogP) is -0.390. The molecule has 0 saturated heterocycles. The van der Waals surface area contributed by atoms with Gasteiger partial charge in [-0.1, -0.05) is 0 Å². The largest absolute Gasteiger partial charge is 0.481 e. The minimum absolute atomic E-state index is 0.0566. The third kappa shape index (κ3) is 4.09. The van der Waals surface area contributed by atoms with Crippen molar-refractivity contribution in [3.63, 3.8) is 0 Å². The lowest BCUT2D eigenvalue weighted by Crippen LogP contribution is -2.36. The van der Waals surface area contributed by atoms with Gasteiger partial charge >= 0.3 is 18.1 Å². The van der Waals surface area contributed by atoms with Gasteiger partial charge in [0.2, 0.25) is 0 Å². The first-order valence-electron chi connectivity index (χ1n) is 4.26. The number of aliphatic carboxylic acids is 1. The summed E-state index contributed by atoms with van der Waals surface area (Å²) >= 11 is 0. The zero-order valence-corrected chi connectivity index (χ0v) is 8.21. The fourth-order valence-electron chi connectivity index (χ4n) is 0.892. The second-order valence-corrected chi connectivity index (χ2v) is 2.95. The van der Waals surface area contributed by atoms with E-state index in [0.29, 0.717) is 0 Å². The van der Waals surface area contributed by atoms with Gasteiger partial charge in [0.15, 0.2) is 5.82 Å². The molecule has 0 unspecified atom stereocenters. The molecule has 1 rings (SSSR count). The Balaban J connectivity index is 2.50. The second kappa shape index (κ2) is 4.80. The molecule has 17 heavy (non-hydrogen) atoms. The molecule has 94 valence electrons. The van der Waals surface area contributed by atoms with Crippen molar-refractivity contribution in [3.8, 4) is 0 Å². The average molecular weight is 252 g/mol. The fourth-order valence-corrected chi connectivity index (χ4v) is 0.892. The Kier molecular flexibility index (Phi) is 3.66. The Morgan fingerprint density at radius 2 is 2.06 bits per heavy atom. The van der Waals surface area contributed by atoms with Crippen molar-refractivity contribution in [1.82, 2.24) is 20.5 Å². The van der Waals surface area contributed by atoms with E-state index >= 15 is 0 Å². The van der Waals surface area contributed by atoms with Crippen LogP contribution in [0.2, 0.25) is 0 Å². The third-order valence-electron chi connectivity index (χ3n) is 1.56. The van der Waals surface area contributed by atoms with E-state index in [-0.39, 0.29) is 11.6 Å². The van der Waals surface area contributed by atoms with E-state index in [1.54, 1.807) is 5.32 Å². The van der Waals surface area contributed by atoms with Crippen LogP contribution in [0.4, 0.5) is 13.2 Å². The van der Waals surface area contributed by atoms with E-state index in [2.05, 4.69) is 15.2 Å². The summed E-state index contributed by atoms with van der Waals surface area (Å²) in [6, 6.07) is 0. The second-order valence-electron chi connectivity index (χ2n) is 2.95. The first-order valence-corrected chi connectivity index (χ1v) is 4.26. The van der Waals surface area contributed by atoms with Crippen LogP contribution < -0.4 is 5.32 Å². The van der Waals surface area contributed by atoms with Gasteiger partial charge in [-0.2, -0.15) is 18.3 Å². The molecular formula is C7H7F3N4O3. The van der Waals surface area contributed by atoms with E-state index in [4.69, 9.17) is 5.11 Å². The number of aromatic amines is 1. The Bertz CT molecular complexity index is 428. The van der Waals surface area contributed by atoms with Gasteiger partial charge < -0.3 is 10.4 Å². The number of carbonyl (C=O) groups is 2. The number of nitrogens with zero attached hydrogens (tertiary/aromatic N) is 2. The number of alkyl halides is 3. The van der Waals surface area contributed by atoms with Crippen LogP contribution in [-0.4, -0.2) is 38.3 Å². The molecule has 0 atom stereocenters. The van der Waals surface area contributed by atoms with Crippen LogP contribution in [0.25, 0.3) is 0 Å². The number of carbonyl (C=O) groups excluding carboxylic acids is 1. The molecule has 0 bridgehead atoms. The van der Waals surface area contributed by atoms with Crippen molar-refractivity contribution in [2.45, 2.75) is 19.1 Å². The van der Waals surface area contributed by atoms with Gasteiger partial charge in [-0.05, 0) is 0 Å². The molecule has 0 radical (unpaired) electrons. The summed E-state index contributed by atoms with van der Waals surface area (Å²) in [7, 11) is 0. The van der Waals surface area contributed by atoms with Gasteiger partial charge in [0.25, 0.3) is 0 Å². The predicted molar refractivity (Wildman–Crippen MR) is 45.6 cm³/mol. The summed E-state index contributed by atoms with van der Waals surface area (Å²) in [5.74, 6) is -3.41. The molecule has 1 heterocycles. The molecule has 1 aromatic rings. The highest BCUT2D eigenvalue weighted by Gasteiger charge is 2.38. The minimum atomic E-state index is -4.97. The Hall–Kier alpha value is -2.13. The number of carboxylic acid groups (broad SMARTS) is 1. The lowest BCUT2D eigenvalue weighted by molar-refractivity contribution is -0.173. The number of carboxylic acids is 1. The van der Waals surface area contributed by atoms with Crippen molar-refractivity contribution < 1.29 is 27.9 Å². The number of amides is 1. The lowest BCUT2D eigenvalue weighted by Gasteiger charge is -2.05. The zero-order chi connectivity index (χ0) is 13.1.